The Kier molecular flexibility index (Phi) is 5.04. The van der Waals surface area contributed by atoms with Gasteiger partial charge in [0.2, 0.25) is 0 Å². The molecule has 4 nitrogen and oxygen atoms in total. The lowest BCUT2D eigenvalue weighted by atomic mass is 10.2. The Balaban J connectivity index is 1.84. The van der Waals surface area contributed by atoms with Crippen molar-refractivity contribution in [3.05, 3.63) is 53.9 Å². The number of hydrogen-bond acceptors (Lipinski definition) is 3. The molecule has 0 spiro atoms. The van der Waals surface area contributed by atoms with E-state index in [1.165, 1.54) is 12.3 Å². The van der Waals surface area contributed by atoms with E-state index in [1.54, 1.807) is 6.92 Å². The van der Waals surface area contributed by atoms with Crippen molar-refractivity contribution >= 4 is 21.7 Å². The second-order valence-electron chi connectivity index (χ2n) is 5.87. The molecule has 0 bridgehead atoms. The van der Waals surface area contributed by atoms with Crippen LogP contribution in [0, 0.1) is 6.92 Å². The molecule has 2 aromatic heterocycles. The molecular weight excluding hydrogens is 365 g/mol. The van der Waals surface area contributed by atoms with Crippen LogP contribution in [-0.2, 0) is 23.6 Å². The number of para-hydroxylation sites is 1. The third kappa shape index (κ3) is 3.90. The summed E-state index contributed by atoms with van der Waals surface area (Å²) in [6.45, 7) is 0.246. The summed E-state index contributed by atoms with van der Waals surface area (Å²) in [4.78, 5) is 4.17. The Morgan fingerprint density at radius 3 is 2.65 bits per heavy atom. The standard InChI is InChI=1S/C18H17F3N2O2S/c1-12-14(22-8-7-16(12)25-11-18(19,20)21)10-26(24)17-9-13-5-3-4-6-15(13)23(17)2/h3-9H,10-11H2,1-2H3. The fourth-order valence-corrected chi connectivity index (χ4v) is 4.05. The second-order valence-corrected chi connectivity index (χ2v) is 7.27. The topological polar surface area (TPSA) is 44.1 Å². The minimum Gasteiger partial charge on any atom is -0.484 e. The predicted molar refractivity (Wildman–Crippen MR) is 93.6 cm³/mol. The van der Waals surface area contributed by atoms with Gasteiger partial charge in [-0.25, -0.2) is 0 Å². The zero-order valence-corrected chi connectivity index (χ0v) is 15.0. The van der Waals surface area contributed by atoms with Gasteiger partial charge in [-0.15, -0.1) is 0 Å². The Labute approximate surface area is 151 Å². The Morgan fingerprint density at radius 1 is 1.23 bits per heavy atom. The van der Waals surface area contributed by atoms with E-state index >= 15 is 0 Å². The first-order chi connectivity index (χ1) is 12.3. The van der Waals surface area contributed by atoms with E-state index in [-0.39, 0.29) is 11.5 Å². The summed E-state index contributed by atoms with van der Waals surface area (Å²) in [6, 6.07) is 10.9. The smallest absolute Gasteiger partial charge is 0.422 e. The number of pyridine rings is 1. The molecule has 0 saturated carbocycles. The number of fused-ring (bicyclic) bond motifs is 1. The number of aryl methyl sites for hydroxylation is 1. The molecule has 0 aliphatic rings. The van der Waals surface area contributed by atoms with Crippen molar-refractivity contribution in [1.82, 2.24) is 9.55 Å². The minimum absolute atomic E-state index is 0.0964. The van der Waals surface area contributed by atoms with Crippen LogP contribution < -0.4 is 4.74 Å². The van der Waals surface area contributed by atoms with Gasteiger partial charge in [0.1, 0.15) is 10.8 Å². The number of ether oxygens (including phenoxy) is 1. The van der Waals surface area contributed by atoms with Crippen molar-refractivity contribution in [3.63, 3.8) is 0 Å². The zero-order chi connectivity index (χ0) is 18.9. The summed E-state index contributed by atoms with van der Waals surface area (Å²) in [7, 11) is 0.437. The maximum Gasteiger partial charge on any atom is 0.422 e. The number of rotatable bonds is 5. The summed E-state index contributed by atoms with van der Waals surface area (Å²) in [6.07, 6.45) is -3.05. The fraction of sp³-hybridized carbons (Fsp3) is 0.278. The quantitative estimate of drug-likeness (QED) is 0.666. The van der Waals surface area contributed by atoms with Crippen molar-refractivity contribution in [2.75, 3.05) is 6.61 Å². The van der Waals surface area contributed by atoms with Crippen LogP contribution in [0.4, 0.5) is 13.2 Å². The first-order valence-electron chi connectivity index (χ1n) is 7.83. The van der Waals surface area contributed by atoms with Crippen LogP contribution in [0.5, 0.6) is 5.75 Å². The lowest BCUT2D eigenvalue weighted by Gasteiger charge is -2.13. The van der Waals surface area contributed by atoms with E-state index in [9.17, 15) is 17.4 Å². The first kappa shape index (κ1) is 18.4. The van der Waals surface area contributed by atoms with Crippen molar-refractivity contribution in [2.24, 2.45) is 7.05 Å². The highest BCUT2D eigenvalue weighted by molar-refractivity contribution is 7.84. The van der Waals surface area contributed by atoms with Crippen LogP contribution in [0.1, 0.15) is 11.3 Å². The summed E-state index contributed by atoms with van der Waals surface area (Å²) in [5.74, 6) is 0.195. The molecule has 0 aliphatic carbocycles. The van der Waals surface area contributed by atoms with Crippen LogP contribution in [0.15, 0.2) is 47.6 Å². The molecule has 0 amide bonds. The van der Waals surface area contributed by atoms with Gasteiger partial charge in [0.05, 0.1) is 22.2 Å². The van der Waals surface area contributed by atoms with Crippen molar-refractivity contribution < 1.29 is 22.1 Å². The van der Waals surface area contributed by atoms with Gasteiger partial charge in [0.15, 0.2) is 6.61 Å². The molecular formula is C18H17F3N2O2S. The van der Waals surface area contributed by atoms with Crippen molar-refractivity contribution in [3.8, 4) is 5.75 Å². The summed E-state index contributed by atoms with van der Waals surface area (Å²) in [5.41, 5.74) is 1.87. The molecule has 26 heavy (non-hydrogen) atoms. The molecule has 0 aliphatic heterocycles. The molecule has 0 fully saturated rings. The molecule has 1 atom stereocenters. The highest BCUT2D eigenvalue weighted by Crippen LogP contribution is 2.26. The number of aromatic nitrogens is 2. The largest absolute Gasteiger partial charge is 0.484 e. The average molecular weight is 382 g/mol. The fourth-order valence-electron chi connectivity index (χ4n) is 2.70. The normalized spacial score (nSPS) is 13.1. The molecule has 3 aromatic rings. The Bertz CT molecular complexity index is 967. The molecule has 8 heteroatoms. The summed E-state index contributed by atoms with van der Waals surface area (Å²) < 4.78 is 56.6. The molecule has 0 N–H and O–H groups in total. The molecule has 1 aromatic carbocycles. The lowest BCUT2D eigenvalue weighted by Crippen LogP contribution is -2.20. The molecule has 1 unspecified atom stereocenters. The van der Waals surface area contributed by atoms with Crippen LogP contribution in [0.25, 0.3) is 10.9 Å². The Morgan fingerprint density at radius 2 is 1.96 bits per heavy atom. The van der Waals surface area contributed by atoms with E-state index in [0.29, 0.717) is 16.3 Å². The highest BCUT2D eigenvalue weighted by Gasteiger charge is 2.29. The first-order valence-corrected chi connectivity index (χ1v) is 9.15. The SMILES string of the molecule is Cc1c(OCC(F)(F)F)ccnc1CS(=O)c1cc2ccccc2n1C. The lowest BCUT2D eigenvalue weighted by molar-refractivity contribution is -0.153. The van der Waals surface area contributed by atoms with Gasteiger partial charge < -0.3 is 9.30 Å². The number of halogens is 3. The Hall–Kier alpha value is -2.35. The average Bonchev–Trinajstić information content (AvgIpc) is 2.92. The third-order valence-corrected chi connectivity index (χ3v) is 5.45. The van der Waals surface area contributed by atoms with Gasteiger partial charge in [0.25, 0.3) is 0 Å². The van der Waals surface area contributed by atoms with Crippen LogP contribution in [0.3, 0.4) is 0 Å². The van der Waals surface area contributed by atoms with E-state index in [1.807, 2.05) is 41.9 Å². The molecule has 0 radical (unpaired) electrons. The van der Waals surface area contributed by atoms with Gasteiger partial charge in [0, 0.05) is 29.7 Å². The minimum atomic E-state index is -4.41. The zero-order valence-electron chi connectivity index (χ0n) is 14.2. The third-order valence-electron chi connectivity index (χ3n) is 4.06. The highest BCUT2D eigenvalue weighted by atomic mass is 32.2. The molecule has 2 heterocycles. The number of hydrogen-bond donors (Lipinski definition) is 0. The van der Waals surface area contributed by atoms with E-state index in [4.69, 9.17) is 4.74 Å². The van der Waals surface area contributed by atoms with E-state index < -0.39 is 23.6 Å². The van der Waals surface area contributed by atoms with Gasteiger partial charge in [-0.2, -0.15) is 13.2 Å². The number of nitrogens with zero attached hydrogens (tertiary/aromatic N) is 2. The van der Waals surface area contributed by atoms with Crippen LogP contribution >= 0.6 is 0 Å². The monoisotopic (exact) mass is 382 g/mol. The predicted octanol–water partition coefficient (Wildman–Crippen LogP) is 4.13. The van der Waals surface area contributed by atoms with Crippen LogP contribution in [0.2, 0.25) is 0 Å². The molecule has 138 valence electrons. The van der Waals surface area contributed by atoms with Gasteiger partial charge >= 0.3 is 6.18 Å². The van der Waals surface area contributed by atoms with Crippen molar-refractivity contribution in [1.29, 1.82) is 0 Å². The summed E-state index contributed by atoms with van der Waals surface area (Å²) in [5, 5.41) is 1.61. The second kappa shape index (κ2) is 7.11. The molecule has 3 rings (SSSR count). The number of benzene rings is 1. The maximum absolute atomic E-state index is 12.8. The van der Waals surface area contributed by atoms with Crippen molar-refractivity contribution in [2.45, 2.75) is 23.9 Å². The van der Waals surface area contributed by atoms with Gasteiger partial charge in [-0.05, 0) is 25.1 Å². The van der Waals surface area contributed by atoms with Gasteiger partial charge in [-0.1, -0.05) is 18.2 Å². The van der Waals surface area contributed by atoms with Crippen LogP contribution in [-0.4, -0.2) is 26.5 Å². The molecule has 0 saturated heterocycles. The maximum atomic E-state index is 12.8. The number of alkyl halides is 3. The van der Waals surface area contributed by atoms with E-state index in [2.05, 4.69) is 4.98 Å². The summed E-state index contributed by atoms with van der Waals surface area (Å²) >= 11 is 0. The van der Waals surface area contributed by atoms with Gasteiger partial charge in [-0.3, -0.25) is 9.19 Å². The van der Waals surface area contributed by atoms with E-state index in [0.717, 1.165) is 10.9 Å².